The van der Waals surface area contributed by atoms with Gasteiger partial charge >= 0.3 is 5.97 Å². The molecule has 0 aliphatic heterocycles. The van der Waals surface area contributed by atoms with Gasteiger partial charge in [-0.25, -0.2) is 0 Å². The first-order chi connectivity index (χ1) is 11.4. The molecular weight excluding hydrogens is 296 g/mol. The first-order valence-corrected chi connectivity index (χ1v) is 9.62. The second kappa shape index (κ2) is 14.1. The number of carbonyl (C=O) groups excluding carboxylic acids is 1. The van der Waals surface area contributed by atoms with Crippen LogP contribution in [-0.2, 0) is 16.0 Å². The van der Waals surface area contributed by atoms with Crippen LogP contribution in [0.2, 0.25) is 0 Å². The topological polar surface area (TPSA) is 26.3 Å². The molecule has 1 aromatic carbocycles. The van der Waals surface area contributed by atoms with E-state index in [2.05, 4.69) is 58.0 Å². The van der Waals surface area contributed by atoms with Crippen molar-refractivity contribution in [2.24, 2.45) is 11.8 Å². The van der Waals surface area contributed by atoms with Gasteiger partial charge in [0.2, 0.25) is 0 Å². The van der Waals surface area contributed by atoms with Crippen LogP contribution in [0.4, 0.5) is 0 Å². The molecular formula is C22H38O2. The second-order valence-corrected chi connectivity index (χ2v) is 7.27. The highest BCUT2D eigenvalue weighted by molar-refractivity contribution is 5.69. The van der Waals surface area contributed by atoms with Crippen molar-refractivity contribution >= 4 is 5.97 Å². The van der Waals surface area contributed by atoms with Crippen LogP contribution >= 0.6 is 0 Å². The highest BCUT2D eigenvalue weighted by Gasteiger charge is 2.14. The van der Waals surface area contributed by atoms with E-state index in [1.807, 2.05) is 13.8 Å². The van der Waals surface area contributed by atoms with E-state index in [0.717, 1.165) is 25.2 Å². The van der Waals surface area contributed by atoms with Gasteiger partial charge in [0.05, 0.1) is 6.10 Å². The molecule has 0 amide bonds. The maximum Gasteiger partial charge on any atom is 0.305 e. The van der Waals surface area contributed by atoms with Gasteiger partial charge in [0.25, 0.3) is 0 Å². The fourth-order valence-electron chi connectivity index (χ4n) is 2.55. The zero-order valence-corrected chi connectivity index (χ0v) is 16.7. The molecule has 0 spiro atoms. The van der Waals surface area contributed by atoms with Gasteiger partial charge in [-0.2, -0.15) is 0 Å². The molecule has 2 atom stereocenters. The third kappa shape index (κ3) is 13.2. The van der Waals surface area contributed by atoms with Crippen molar-refractivity contribution in [1.29, 1.82) is 0 Å². The summed E-state index contributed by atoms with van der Waals surface area (Å²) in [6, 6.07) is 10.6. The Kier molecular flexibility index (Phi) is 13.3. The quantitative estimate of drug-likeness (QED) is 0.486. The summed E-state index contributed by atoms with van der Waals surface area (Å²) in [5.74, 6) is 1.40. The van der Waals surface area contributed by atoms with Gasteiger partial charge in [-0.3, -0.25) is 4.79 Å². The minimum absolute atomic E-state index is 0.0455. The molecule has 0 bridgehead atoms. The zero-order valence-electron chi connectivity index (χ0n) is 16.7. The maximum absolute atomic E-state index is 11.3. The molecule has 0 radical (unpaired) electrons. The van der Waals surface area contributed by atoms with Crippen molar-refractivity contribution in [3.63, 3.8) is 0 Å². The van der Waals surface area contributed by atoms with E-state index in [1.165, 1.54) is 18.4 Å². The third-order valence-electron chi connectivity index (χ3n) is 3.78. The van der Waals surface area contributed by atoms with Crippen molar-refractivity contribution in [2.75, 3.05) is 0 Å². The predicted molar refractivity (Wildman–Crippen MR) is 104 cm³/mol. The lowest BCUT2D eigenvalue weighted by atomic mass is 9.92. The minimum Gasteiger partial charge on any atom is -0.463 e. The summed E-state index contributed by atoms with van der Waals surface area (Å²) in [6.07, 6.45) is 6.20. The Bertz CT molecular complexity index is 408. The van der Waals surface area contributed by atoms with Crippen LogP contribution in [0, 0.1) is 11.8 Å². The Morgan fingerprint density at radius 2 is 1.62 bits per heavy atom. The largest absolute Gasteiger partial charge is 0.463 e. The normalized spacial score (nSPS) is 13.0. The second-order valence-electron chi connectivity index (χ2n) is 7.27. The van der Waals surface area contributed by atoms with Gasteiger partial charge in [0.15, 0.2) is 0 Å². The maximum atomic E-state index is 11.3. The van der Waals surface area contributed by atoms with Crippen LogP contribution in [0.1, 0.15) is 79.2 Å². The number of benzene rings is 1. The molecule has 0 aromatic heterocycles. The lowest BCUT2D eigenvalue weighted by Crippen LogP contribution is -2.18. The molecule has 1 rings (SSSR count). The van der Waals surface area contributed by atoms with E-state index in [0.29, 0.717) is 12.3 Å². The molecule has 0 aliphatic rings. The van der Waals surface area contributed by atoms with Crippen LogP contribution < -0.4 is 0 Å². The molecule has 138 valence electrons. The molecule has 24 heavy (non-hydrogen) atoms. The monoisotopic (exact) mass is 334 g/mol. The molecule has 0 saturated heterocycles. The average molecular weight is 335 g/mol. The smallest absolute Gasteiger partial charge is 0.305 e. The Balaban J connectivity index is 0.00000118. The Morgan fingerprint density at radius 3 is 2.12 bits per heavy atom. The Labute approximate surface area is 150 Å². The lowest BCUT2D eigenvalue weighted by Gasteiger charge is -2.20. The van der Waals surface area contributed by atoms with Crippen molar-refractivity contribution in [3.8, 4) is 0 Å². The number of carbonyl (C=O) groups is 1. The number of hydrogen-bond acceptors (Lipinski definition) is 2. The lowest BCUT2D eigenvalue weighted by molar-refractivity contribution is -0.148. The zero-order chi connectivity index (χ0) is 18.4. The van der Waals surface area contributed by atoms with Crippen LogP contribution in [0.3, 0.4) is 0 Å². The van der Waals surface area contributed by atoms with Crippen LogP contribution in [0.25, 0.3) is 0 Å². The summed E-state index contributed by atoms with van der Waals surface area (Å²) < 4.78 is 5.36. The summed E-state index contributed by atoms with van der Waals surface area (Å²) >= 11 is 0. The van der Waals surface area contributed by atoms with Gasteiger partial charge in [-0.15, -0.1) is 0 Å². The molecule has 0 aliphatic carbocycles. The van der Waals surface area contributed by atoms with E-state index < -0.39 is 0 Å². The molecule has 2 unspecified atom stereocenters. The fourth-order valence-corrected chi connectivity index (χ4v) is 2.55. The minimum atomic E-state index is -0.0864. The van der Waals surface area contributed by atoms with Gasteiger partial charge < -0.3 is 4.74 Å². The van der Waals surface area contributed by atoms with E-state index in [4.69, 9.17) is 4.74 Å². The number of hydrogen-bond donors (Lipinski definition) is 0. The third-order valence-corrected chi connectivity index (χ3v) is 3.78. The molecule has 0 fully saturated rings. The summed E-state index contributed by atoms with van der Waals surface area (Å²) in [7, 11) is 0. The van der Waals surface area contributed by atoms with Gasteiger partial charge in [0, 0.05) is 6.42 Å². The summed E-state index contributed by atoms with van der Waals surface area (Å²) in [5, 5.41) is 0. The van der Waals surface area contributed by atoms with Gasteiger partial charge in [-0.1, -0.05) is 77.8 Å². The van der Waals surface area contributed by atoms with Crippen LogP contribution in [-0.4, -0.2) is 12.1 Å². The summed E-state index contributed by atoms with van der Waals surface area (Å²) in [5.41, 5.74) is 1.41. The summed E-state index contributed by atoms with van der Waals surface area (Å²) in [4.78, 5) is 11.3. The fraction of sp³-hybridized carbons (Fsp3) is 0.682. The molecule has 0 heterocycles. The number of ether oxygens (including phenoxy) is 1. The first-order valence-electron chi connectivity index (χ1n) is 9.62. The molecule has 1 aromatic rings. The molecule has 2 heteroatoms. The molecule has 2 nitrogen and oxygen atoms in total. The van der Waals surface area contributed by atoms with E-state index >= 15 is 0 Å². The van der Waals surface area contributed by atoms with Crippen molar-refractivity contribution in [1.82, 2.24) is 0 Å². The van der Waals surface area contributed by atoms with Crippen LogP contribution in [0.5, 0.6) is 0 Å². The molecule has 0 N–H and O–H groups in total. The highest BCUT2D eigenvalue weighted by atomic mass is 16.5. The summed E-state index contributed by atoms with van der Waals surface area (Å²) in [6.45, 7) is 12.6. The first kappa shape index (κ1) is 22.7. The standard InChI is InChI=1S/C18H28O2.C4H10/c1-4-16(14-15(3)20-18(19)5-2)12-9-13-17-10-7-6-8-11-17;1-4(2)3/h6-8,10-11,15-16H,4-5,9,12-14H2,1-3H3;4H,1-3H3. The van der Waals surface area contributed by atoms with Crippen LogP contribution in [0.15, 0.2) is 30.3 Å². The Hall–Kier alpha value is -1.31. The van der Waals surface area contributed by atoms with Gasteiger partial charge in [0.1, 0.15) is 0 Å². The van der Waals surface area contributed by atoms with Crippen molar-refractivity contribution in [3.05, 3.63) is 35.9 Å². The van der Waals surface area contributed by atoms with Gasteiger partial charge in [-0.05, 0) is 43.6 Å². The number of esters is 1. The Morgan fingerprint density at radius 1 is 1.04 bits per heavy atom. The van der Waals surface area contributed by atoms with E-state index in [9.17, 15) is 4.79 Å². The SMILES string of the molecule is CC(C)C.CCC(=O)OC(C)CC(CC)CCCc1ccccc1. The number of aryl methyl sites for hydroxylation is 1. The highest BCUT2D eigenvalue weighted by Crippen LogP contribution is 2.20. The predicted octanol–water partition coefficient (Wildman–Crippen LogP) is 6.43. The van der Waals surface area contributed by atoms with Crippen molar-refractivity contribution in [2.45, 2.75) is 86.2 Å². The average Bonchev–Trinajstić information content (AvgIpc) is 2.54. The van der Waals surface area contributed by atoms with E-state index in [-0.39, 0.29) is 12.1 Å². The van der Waals surface area contributed by atoms with Crippen molar-refractivity contribution < 1.29 is 9.53 Å². The van der Waals surface area contributed by atoms with E-state index in [1.54, 1.807) is 0 Å². The number of rotatable bonds is 9. The molecule has 0 saturated carbocycles.